The van der Waals surface area contributed by atoms with Crippen molar-refractivity contribution in [2.45, 2.75) is 25.7 Å². The SMILES string of the molecule is Nc1cccc2c1N(C(=O)N1CCCCC1)CC2. The number of nitrogens with zero attached hydrogens (tertiary/aromatic N) is 2. The molecule has 3 rings (SSSR count). The highest BCUT2D eigenvalue weighted by molar-refractivity contribution is 5.97. The van der Waals surface area contributed by atoms with Crippen molar-refractivity contribution in [3.8, 4) is 0 Å². The summed E-state index contributed by atoms with van der Waals surface area (Å²) in [7, 11) is 0. The van der Waals surface area contributed by atoms with Crippen molar-refractivity contribution in [3.63, 3.8) is 0 Å². The zero-order valence-electron chi connectivity index (χ0n) is 10.6. The maximum atomic E-state index is 12.5. The number of para-hydroxylation sites is 1. The first-order chi connectivity index (χ1) is 8.77. The summed E-state index contributed by atoms with van der Waals surface area (Å²) in [4.78, 5) is 16.3. The molecular formula is C14H19N3O. The summed E-state index contributed by atoms with van der Waals surface area (Å²) in [6, 6.07) is 6.03. The molecule has 2 aliphatic rings. The predicted molar refractivity (Wildman–Crippen MR) is 72.7 cm³/mol. The van der Waals surface area contributed by atoms with E-state index in [2.05, 4.69) is 6.07 Å². The molecule has 0 aromatic heterocycles. The van der Waals surface area contributed by atoms with E-state index in [1.165, 1.54) is 12.0 Å². The molecule has 1 aromatic carbocycles. The van der Waals surface area contributed by atoms with Crippen LogP contribution in [0.4, 0.5) is 16.2 Å². The van der Waals surface area contributed by atoms with E-state index in [9.17, 15) is 4.79 Å². The first-order valence-electron chi connectivity index (χ1n) is 6.71. The molecule has 18 heavy (non-hydrogen) atoms. The van der Waals surface area contributed by atoms with E-state index in [1.54, 1.807) is 0 Å². The van der Waals surface area contributed by atoms with E-state index >= 15 is 0 Å². The molecule has 2 N–H and O–H groups in total. The summed E-state index contributed by atoms with van der Waals surface area (Å²) < 4.78 is 0. The Morgan fingerprint density at radius 1 is 1.11 bits per heavy atom. The van der Waals surface area contributed by atoms with Crippen molar-refractivity contribution in [1.82, 2.24) is 4.90 Å². The number of nitrogens with two attached hydrogens (primary N) is 1. The predicted octanol–water partition coefficient (Wildman–Crippen LogP) is 2.24. The zero-order chi connectivity index (χ0) is 12.5. The van der Waals surface area contributed by atoms with Gasteiger partial charge in [0.25, 0.3) is 0 Å². The smallest absolute Gasteiger partial charge is 0.324 e. The van der Waals surface area contributed by atoms with Gasteiger partial charge in [-0.3, -0.25) is 4.90 Å². The van der Waals surface area contributed by atoms with E-state index in [0.29, 0.717) is 0 Å². The van der Waals surface area contributed by atoms with Crippen LogP contribution in [0.3, 0.4) is 0 Å². The van der Waals surface area contributed by atoms with Crippen LogP contribution >= 0.6 is 0 Å². The van der Waals surface area contributed by atoms with Gasteiger partial charge in [-0.05, 0) is 37.3 Å². The van der Waals surface area contributed by atoms with Crippen LogP contribution in [0.15, 0.2) is 18.2 Å². The molecular weight excluding hydrogens is 226 g/mol. The summed E-state index contributed by atoms with van der Waals surface area (Å²) in [6.07, 6.45) is 4.40. The van der Waals surface area contributed by atoms with E-state index < -0.39 is 0 Å². The fourth-order valence-electron chi connectivity index (χ4n) is 2.93. The number of likely N-dealkylation sites (tertiary alicyclic amines) is 1. The van der Waals surface area contributed by atoms with Crippen molar-refractivity contribution in [2.75, 3.05) is 30.3 Å². The molecule has 1 aromatic rings. The molecule has 0 spiro atoms. The van der Waals surface area contributed by atoms with E-state index in [-0.39, 0.29) is 6.03 Å². The molecule has 0 bridgehead atoms. The lowest BCUT2D eigenvalue weighted by atomic mass is 10.1. The molecule has 2 amide bonds. The number of hydrogen-bond acceptors (Lipinski definition) is 2. The number of urea groups is 1. The third-order valence-electron chi connectivity index (χ3n) is 3.88. The number of carbonyl (C=O) groups is 1. The maximum Gasteiger partial charge on any atom is 0.324 e. The largest absolute Gasteiger partial charge is 0.397 e. The van der Waals surface area contributed by atoms with Crippen molar-refractivity contribution in [1.29, 1.82) is 0 Å². The van der Waals surface area contributed by atoms with Gasteiger partial charge in [-0.2, -0.15) is 0 Å². The van der Waals surface area contributed by atoms with Crippen LogP contribution in [-0.2, 0) is 6.42 Å². The number of benzene rings is 1. The standard InChI is InChI=1S/C14H19N3O/c15-12-6-4-5-11-7-10-17(13(11)12)14(18)16-8-2-1-3-9-16/h4-6H,1-3,7-10,15H2. The van der Waals surface area contributed by atoms with Gasteiger partial charge in [0.15, 0.2) is 0 Å². The van der Waals surface area contributed by atoms with Gasteiger partial charge in [-0.15, -0.1) is 0 Å². The van der Waals surface area contributed by atoms with Crippen LogP contribution in [0.5, 0.6) is 0 Å². The third kappa shape index (κ3) is 1.82. The summed E-state index contributed by atoms with van der Waals surface area (Å²) in [5.41, 5.74) is 8.87. The maximum absolute atomic E-state index is 12.5. The lowest BCUT2D eigenvalue weighted by molar-refractivity contribution is 0.193. The number of fused-ring (bicyclic) bond motifs is 1. The van der Waals surface area contributed by atoms with E-state index in [4.69, 9.17) is 5.73 Å². The van der Waals surface area contributed by atoms with Gasteiger partial charge >= 0.3 is 6.03 Å². The molecule has 1 fully saturated rings. The Kier molecular flexibility index (Phi) is 2.86. The highest BCUT2D eigenvalue weighted by Gasteiger charge is 2.30. The normalized spacial score (nSPS) is 18.9. The summed E-state index contributed by atoms with van der Waals surface area (Å²) in [5.74, 6) is 0. The Labute approximate surface area is 107 Å². The van der Waals surface area contributed by atoms with Gasteiger partial charge in [0, 0.05) is 19.6 Å². The number of carbonyl (C=O) groups excluding carboxylic acids is 1. The second-order valence-corrected chi connectivity index (χ2v) is 5.09. The van der Waals surface area contributed by atoms with Gasteiger partial charge in [0.1, 0.15) is 0 Å². The average molecular weight is 245 g/mol. The number of hydrogen-bond donors (Lipinski definition) is 1. The topological polar surface area (TPSA) is 49.6 Å². The molecule has 4 nitrogen and oxygen atoms in total. The number of anilines is 2. The fraction of sp³-hybridized carbons (Fsp3) is 0.500. The summed E-state index contributed by atoms with van der Waals surface area (Å²) in [6.45, 7) is 2.54. The van der Waals surface area contributed by atoms with Crippen LogP contribution in [0.25, 0.3) is 0 Å². The molecule has 0 atom stereocenters. The molecule has 96 valence electrons. The Hall–Kier alpha value is -1.71. The first-order valence-corrected chi connectivity index (χ1v) is 6.71. The Balaban J connectivity index is 1.85. The van der Waals surface area contributed by atoms with E-state index in [1.807, 2.05) is 21.9 Å². The van der Waals surface area contributed by atoms with Crippen molar-refractivity contribution in [3.05, 3.63) is 23.8 Å². The molecule has 2 aliphatic heterocycles. The fourth-order valence-corrected chi connectivity index (χ4v) is 2.93. The minimum absolute atomic E-state index is 0.131. The number of piperidine rings is 1. The molecule has 4 heteroatoms. The van der Waals surface area contributed by atoms with Crippen molar-refractivity contribution >= 4 is 17.4 Å². The molecule has 0 aliphatic carbocycles. The van der Waals surface area contributed by atoms with Crippen LogP contribution in [0.1, 0.15) is 24.8 Å². The first kappa shape index (κ1) is 11.4. The monoisotopic (exact) mass is 245 g/mol. The van der Waals surface area contributed by atoms with Crippen LogP contribution < -0.4 is 10.6 Å². The Morgan fingerprint density at radius 2 is 1.89 bits per heavy atom. The molecule has 0 radical (unpaired) electrons. The second-order valence-electron chi connectivity index (χ2n) is 5.09. The van der Waals surface area contributed by atoms with E-state index in [0.717, 1.165) is 50.3 Å². The molecule has 0 unspecified atom stereocenters. The summed E-state index contributed by atoms with van der Waals surface area (Å²) in [5, 5.41) is 0. The average Bonchev–Trinajstić information content (AvgIpc) is 2.84. The molecule has 0 saturated carbocycles. The van der Waals surface area contributed by atoms with Crippen molar-refractivity contribution < 1.29 is 4.79 Å². The van der Waals surface area contributed by atoms with Gasteiger partial charge in [-0.25, -0.2) is 4.79 Å². The highest BCUT2D eigenvalue weighted by Crippen LogP contribution is 2.34. The van der Waals surface area contributed by atoms with Gasteiger partial charge in [0.05, 0.1) is 11.4 Å². The number of nitrogen functional groups attached to an aromatic ring is 1. The highest BCUT2D eigenvalue weighted by atomic mass is 16.2. The number of amides is 2. The summed E-state index contributed by atoms with van der Waals surface area (Å²) >= 11 is 0. The second kappa shape index (κ2) is 4.52. The van der Waals surface area contributed by atoms with Gasteiger partial charge in [-0.1, -0.05) is 12.1 Å². The zero-order valence-corrected chi connectivity index (χ0v) is 10.6. The minimum Gasteiger partial charge on any atom is -0.397 e. The van der Waals surface area contributed by atoms with Gasteiger partial charge in [0.2, 0.25) is 0 Å². The van der Waals surface area contributed by atoms with Crippen LogP contribution in [0.2, 0.25) is 0 Å². The third-order valence-corrected chi connectivity index (χ3v) is 3.88. The minimum atomic E-state index is 0.131. The van der Waals surface area contributed by atoms with Gasteiger partial charge < -0.3 is 10.6 Å². The molecule has 2 heterocycles. The lowest BCUT2D eigenvalue weighted by Crippen LogP contribution is -2.45. The lowest BCUT2D eigenvalue weighted by Gasteiger charge is -2.31. The van der Waals surface area contributed by atoms with Crippen LogP contribution in [0, 0.1) is 0 Å². The molecule has 1 saturated heterocycles. The Bertz CT molecular complexity index is 466. The Morgan fingerprint density at radius 3 is 2.67 bits per heavy atom. The number of rotatable bonds is 0. The van der Waals surface area contributed by atoms with Crippen molar-refractivity contribution in [2.24, 2.45) is 0 Å². The van der Waals surface area contributed by atoms with Crippen LogP contribution in [-0.4, -0.2) is 30.6 Å². The quantitative estimate of drug-likeness (QED) is 0.713.